The van der Waals surface area contributed by atoms with E-state index in [9.17, 15) is 18.0 Å². The van der Waals surface area contributed by atoms with Gasteiger partial charge < -0.3 is 10.3 Å². The average molecular weight is 370 g/mol. The molecule has 3 rings (SSSR count). The van der Waals surface area contributed by atoms with Crippen LogP contribution in [0.1, 0.15) is 13.3 Å². The number of aromatic amines is 1. The molecule has 1 atom stereocenters. The maximum absolute atomic E-state index is 12.5. The van der Waals surface area contributed by atoms with Crippen molar-refractivity contribution in [1.82, 2.24) is 9.97 Å². The Morgan fingerprint density at radius 2 is 2.04 bits per heavy atom. The van der Waals surface area contributed by atoms with Crippen LogP contribution in [0.3, 0.4) is 0 Å². The summed E-state index contributed by atoms with van der Waals surface area (Å²) in [7, 11) is 0. The molecule has 0 aliphatic carbocycles. The fourth-order valence-corrected chi connectivity index (χ4v) is 2.98. The number of alkyl halides is 3. The Bertz CT molecular complexity index is 984. The first kappa shape index (κ1) is 17.5. The third kappa shape index (κ3) is 3.87. The molecule has 0 saturated carbocycles. The maximum atomic E-state index is 12.5. The highest BCUT2D eigenvalue weighted by Crippen LogP contribution is 2.30. The normalized spacial score (nSPS) is 13.3. The fourth-order valence-electron chi connectivity index (χ4n) is 2.80. The number of H-pyrrole nitrogens is 1. The van der Waals surface area contributed by atoms with Gasteiger partial charge in [0.25, 0.3) is 5.56 Å². The highest BCUT2D eigenvalue weighted by atomic mass is 35.5. The first-order chi connectivity index (χ1) is 11.7. The molecule has 0 aliphatic rings. The van der Waals surface area contributed by atoms with E-state index in [-0.39, 0.29) is 12.1 Å². The van der Waals surface area contributed by atoms with Gasteiger partial charge in [-0.1, -0.05) is 18.5 Å². The number of halogens is 4. The van der Waals surface area contributed by atoms with Crippen LogP contribution in [0.2, 0.25) is 5.02 Å². The van der Waals surface area contributed by atoms with Crippen molar-refractivity contribution in [1.29, 1.82) is 0 Å². The van der Waals surface area contributed by atoms with Crippen LogP contribution in [-0.2, 0) is 0 Å². The zero-order chi connectivity index (χ0) is 18.2. The van der Waals surface area contributed by atoms with Crippen molar-refractivity contribution in [2.45, 2.75) is 19.5 Å². The second kappa shape index (κ2) is 6.55. The minimum Gasteiger partial charge on any atom is -0.369 e. The molecule has 0 radical (unpaired) electrons. The Morgan fingerprint density at radius 3 is 2.76 bits per heavy atom. The predicted molar refractivity (Wildman–Crippen MR) is 93.2 cm³/mol. The molecular formula is C17H15ClF3N3O. The highest BCUT2D eigenvalue weighted by molar-refractivity contribution is 6.32. The van der Waals surface area contributed by atoms with Crippen LogP contribution in [0.25, 0.3) is 21.7 Å². The van der Waals surface area contributed by atoms with Gasteiger partial charge in [0, 0.05) is 35.0 Å². The van der Waals surface area contributed by atoms with Crippen molar-refractivity contribution in [3.63, 3.8) is 0 Å². The van der Waals surface area contributed by atoms with E-state index in [0.29, 0.717) is 32.5 Å². The zero-order valence-corrected chi connectivity index (χ0v) is 14.0. The third-order valence-corrected chi connectivity index (χ3v) is 4.11. The molecule has 8 heteroatoms. The van der Waals surface area contributed by atoms with Crippen molar-refractivity contribution < 1.29 is 13.2 Å². The van der Waals surface area contributed by atoms with Gasteiger partial charge in [-0.05, 0) is 30.2 Å². The molecule has 2 heterocycles. The van der Waals surface area contributed by atoms with Crippen LogP contribution >= 0.6 is 11.6 Å². The Labute approximate surface area is 146 Å². The standard InChI is InChI=1S/C17H15ClF3N3O/c1-9(7-17(19,20)21)8-23-15-11-3-2-10(18)6-12(11)14-13(24-15)4-5-22-16(14)25/h2-6,9H,7-8H2,1H3,(H,22,25)(H,23,24). The van der Waals surface area contributed by atoms with Crippen molar-refractivity contribution in [3.8, 4) is 0 Å². The number of fused-ring (bicyclic) bond motifs is 3. The van der Waals surface area contributed by atoms with Gasteiger partial charge in [0.05, 0.1) is 10.9 Å². The predicted octanol–water partition coefficient (Wildman–Crippen LogP) is 4.73. The van der Waals surface area contributed by atoms with Gasteiger partial charge in [-0.25, -0.2) is 4.98 Å². The molecule has 2 aromatic heterocycles. The summed E-state index contributed by atoms with van der Waals surface area (Å²) in [6, 6.07) is 6.65. The SMILES string of the molecule is CC(CNc1nc2cc[nH]c(=O)c2c2cc(Cl)ccc12)CC(F)(F)F. The maximum Gasteiger partial charge on any atom is 0.389 e. The minimum atomic E-state index is -4.21. The van der Waals surface area contributed by atoms with Gasteiger partial charge in [0.15, 0.2) is 0 Å². The summed E-state index contributed by atoms with van der Waals surface area (Å²) >= 11 is 6.05. The summed E-state index contributed by atoms with van der Waals surface area (Å²) in [6.45, 7) is 1.63. The van der Waals surface area contributed by atoms with Crippen LogP contribution in [0.4, 0.5) is 19.0 Å². The second-order valence-corrected chi connectivity index (χ2v) is 6.46. The Hall–Kier alpha value is -2.28. The summed E-state index contributed by atoms with van der Waals surface area (Å²) in [5, 5.41) is 5.06. The van der Waals surface area contributed by atoms with Crippen molar-refractivity contribution in [3.05, 3.63) is 45.8 Å². The molecule has 0 saturated heterocycles. The number of pyridine rings is 2. The van der Waals surface area contributed by atoms with Crippen LogP contribution in [0, 0.1) is 5.92 Å². The van der Waals surface area contributed by atoms with E-state index in [1.807, 2.05) is 0 Å². The molecule has 0 aliphatic heterocycles. The molecule has 25 heavy (non-hydrogen) atoms. The number of benzene rings is 1. The molecule has 1 aromatic carbocycles. The Kier molecular flexibility index (Phi) is 4.60. The topological polar surface area (TPSA) is 57.8 Å². The lowest BCUT2D eigenvalue weighted by atomic mass is 10.1. The molecule has 4 nitrogen and oxygen atoms in total. The van der Waals surface area contributed by atoms with Crippen molar-refractivity contribution in [2.75, 3.05) is 11.9 Å². The van der Waals surface area contributed by atoms with Gasteiger partial charge in [0.2, 0.25) is 0 Å². The van der Waals surface area contributed by atoms with E-state index in [4.69, 9.17) is 11.6 Å². The third-order valence-electron chi connectivity index (χ3n) is 3.88. The zero-order valence-electron chi connectivity index (χ0n) is 13.2. The number of hydrogen-bond donors (Lipinski definition) is 2. The first-order valence-corrected chi connectivity index (χ1v) is 8.03. The molecule has 1 unspecified atom stereocenters. The van der Waals surface area contributed by atoms with E-state index in [1.54, 1.807) is 24.3 Å². The molecular weight excluding hydrogens is 355 g/mol. The average Bonchev–Trinajstić information content (AvgIpc) is 2.50. The molecule has 0 amide bonds. The number of anilines is 1. The van der Waals surface area contributed by atoms with E-state index < -0.39 is 18.5 Å². The summed E-state index contributed by atoms with van der Waals surface area (Å²) < 4.78 is 37.5. The summed E-state index contributed by atoms with van der Waals surface area (Å²) in [6.07, 6.45) is -3.61. The lowest BCUT2D eigenvalue weighted by Crippen LogP contribution is -2.20. The van der Waals surface area contributed by atoms with Crippen molar-refractivity contribution >= 4 is 39.1 Å². The minimum absolute atomic E-state index is 0.110. The summed E-state index contributed by atoms with van der Waals surface area (Å²) in [4.78, 5) is 19.2. The van der Waals surface area contributed by atoms with Gasteiger partial charge in [-0.2, -0.15) is 13.2 Å². The van der Waals surface area contributed by atoms with Crippen LogP contribution in [0.15, 0.2) is 35.3 Å². The quantitative estimate of drug-likeness (QED) is 0.654. The molecule has 0 bridgehead atoms. The van der Waals surface area contributed by atoms with Gasteiger partial charge in [-0.3, -0.25) is 4.79 Å². The van der Waals surface area contributed by atoms with Gasteiger partial charge >= 0.3 is 6.18 Å². The smallest absolute Gasteiger partial charge is 0.369 e. The van der Waals surface area contributed by atoms with Gasteiger partial charge in [-0.15, -0.1) is 0 Å². The van der Waals surface area contributed by atoms with E-state index in [2.05, 4.69) is 15.3 Å². The van der Waals surface area contributed by atoms with Crippen molar-refractivity contribution in [2.24, 2.45) is 5.92 Å². The molecule has 0 spiro atoms. The van der Waals surface area contributed by atoms with Crippen LogP contribution in [-0.4, -0.2) is 22.7 Å². The van der Waals surface area contributed by atoms with E-state index >= 15 is 0 Å². The number of hydrogen-bond acceptors (Lipinski definition) is 3. The largest absolute Gasteiger partial charge is 0.389 e. The summed E-state index contributed by atoms with van der Waals surface area (Å²) in [5.41, 5.74) is 0.152. The Balaban J connectivity index is 2.04. The lowest BCUT2D eigenvalue weighted by Gasteiger charge is -2.16. The second-order valence-electron chi connectivity index (χ2n) is 6.02. The number of nitrogens with zero attached hydrogens (tertiary/aromatic N) is 1. The Morgan fingerprint density at radius 1 is 1.28 bits per heavy atom. The van der Waals surface area contributed by atoms with E-state index in [1.165, 1.54) is 13.1 Å². The number of nitrogens with one attached hydrogen (secondary N) is 2. The lowest BCUT2D eigenvalue weighted by molar-refractivity contribution is -0.142. The number of rotatable bonds is 4. The molecule has 132 valence electrons. The van der Waals surface area contributed by atoms with Gasteiger partial charge in [0.1, 0.15) is 5.82 Å². The monoisotopic (exact) mass is 369 g/mol. The number of aromatic nitrogens is 2. The molecule has 2 N–H and O–H groups in total. The van der Waals surface area contributed by atoms with Crippen LogP contribution < -0.4 is 10.9 Å². The molecule has 3 aromatic rings. The first-order valence-electron chi connectivity index (χ1n) is 7.66. The summed E-state index contributed by atoms with van der Waals surface area (Å²) in [5.74, 6) is -0.183. The highest BCUT2D eigenvalue weighted by Gasteiger charge is 2.29. The van der Waals surface area contributed by atoms with E-state index in [0.717, 1.165) is 0 Å². The molecule has 0 fully saturated rings. The fraction of sp³-hybridized carbons (Fsp3) is 0.294. The van der Waals surface area contributed by atoms with Crippen LogP contribution in [0.5, 0.6) is 0 Å².